The quantitative estimate of drug-likeness (QED) is 0.128. The molecule has 0 aliphatic carbocycles. The summed E-state index contributed by atoms with van der Waals surface area (Å²) in [5.41, 5.74) is 0. The summed E-state index contributed by atoms with van der Waals surface area (Å²) in [6.45, 7) is 2.23. The molecule has 0 unspecified atom stereocenters. The summed E-state index contributed by atoms with van der Waals surface area (Å²) >= 11 is 0. The standard InChI is InChI=1S/C19H42O7P2/c1-2-3-4-5-6-7-8-9-10-11-12-13-14-15-16-17-18-19(20,27(21,22)23)28(24,25)26/h20H,2-18H2,1H3,(H2,21,22,23)(H2,24,25,26). The second kappa shape index (κ2) is 15.1. The number of aliphatic hydroxyl groups is 1. The second-order valence-electron chi connectivity index (χ2n) is 7.92. The van der Waals surface area contributed by atoms with Gasteiger partial charge in [0.2, 0.25) is 0 Å². The Morgan fingerprint density at radius 1 is 0.536 bits per heavy atom. The average Bonchev–Trinajstić information content (AvgIpc) is 2.59. The zero-order valence-electron chi connectivity index (χ0n) is 17.5. The van der Waals surface area contributed by atoms with Crippen molar-refractivity contribution in [3.05, 3.63) is 0 Å². The average molecular weight is 444 g/mol. The highest BCUT2D eigenvalue weighted by atomic mass is 31.2. The van der Waals surface area contributed by atoms with Crippen LogP contribution >= 0.6 is 15.2 Å². The van der Waals surface area contributed by atoms with Crippen LogP contribution in [0.2, 0.25) is 0 Å². The smallest absolute Gasteiger partial charge is 0.368 e. The van der Waals surface area contributed by atoms with E-state index in [9.17, 15) is 14.2 Å². The summed E-state index contributed by atoms with van der Waals surface area (Å²) in [7, 11) is -10.6. The van der Waals surface area contributed by atoms with Crippen LogP contribution < -0.4 is 0 Å². The SMILES string of the molecule is CCCCCCCCCCCCCCCCCCC(O)(P(=O)(O)O)P(=O)(O)O. The molecule has 0 aromatic carbocycles. The minimum absolute atomic E-state index is 0.172. The Hall–Kier alpha value is 0.260. The lowest BCUT2D eigenvalue weighted by atomic mass is 10.0. The Morgan fingerprint density at radius 3 is 1.04 bits per heavy atom. The van der Waals surface area contributed by atoms with E-state index in [0.717, 1.165) is 19.3 Å². The van der Waals surface area contributed by atoms with Crippen molar-refractivity contribution >= 4 is 15.2 Å². The molecular weight excluding hydrogens is 402 g/mol. The Balaban J connectivity index is 3.58. The highest BCUT2D eigenvalue weighted by Gasteiger charge is 2.58. The molecular formula is C19H42O7P2. The minimum atomic E-state index is -5.31. The highest BCUT2D eigenvalue weighted by Crippen LogP contribution is 2.69. The van der Waals surface area contributed by atoms with Gasteiger partial charge >= 0.3 is 15.2 Å². The summed E-state index contributed by atoms with van der Waals surface area (Å²) in [6, 6.07) is 0. The third-order valence-corrected chi connectivity index (χ3v) is 9.18. The maximum Gasteiger partial charge on any atom is 0.369 e. The first kappa shape index (κ1) is 28.3. The van der Waals surface area contributed by atoms with Crippen LogP contribution in [0.5, 0.6) is 0 Å². The molecule has 5 N–H and O–H groups in total. The number of hydrogen-bond acceptors (Lipinski definition) is 3. The van der Waals surface area contributed by atoms with Gasteiger partial charge in [0.25, 0.3) is 5.08 Å². The van der Waals surface area contributed by atoms with E-state index in [1.807, 2.05) is 0 Å². The topological polar surface area (TPSA) is 135 Å². The van der Waals surface area contributed by atoms with Gasteiger partial charge in [0.1, 0.15) is 0 Å². The molecule has 0 spiro atoms. The van der Waals surface area contributed by atoms with Crippen LogP contribution in [0.3, 0.4) is 0 Å². The van der Waals surface area contributed by atoms with E-state index >= 15 is 0 Å². The third kappa shape index (κ3) is 12.1. The first-order valence-electron chi connectivity index (χ1n) is 10.9. The Labute approximate surface area is 170 Å². The zero-order valence-corrected chi connectivity index (χ0v) is 19.3. The summed E-state index contributed by atoms with van der Waals surface area (Å²) in [6.07, 6.45) is 17.5. The van der Waals surface area contributed by atoms with E-state index in [1.165, 1.54) is 70.6 Å². The van der Waals surface area contributed by atoms with E-state index in [2.05, 4.69) is 6.92 Å². The van der Waals surface area contributed by atoms with E-state index < -0.39 is 26.7 Å². The molecule has 0 saturated heterocycles. The molecule has 0 amide bonds. The van der Waals surface area contributed by atoms with Crippen LogP contribution in [0.4, 0.5) is 0 Å². The maximum absolute atomic E-state index is 11.2. The fourth-order valence-electron chi connectivity index (χ4n) is 3.37. The van der Waals surface area contributed by atoms with Gasteiger partial charge in [0.05, 0.1) is 0 Å². The molecule has 7 nitrogen and oxygen atoms in total. The number of unbranched alkanes of at least 4 members (excludes halogenated alkanes) is 15. The fourth-order valence-corrected chi connectivity index (χ4v) is 5.63. The van der Waals surface area contributed by atoms with Crippen LogP contribution in [-0.4, -0.2) is 29.8 Å². The molecule has 0 bridgehead atoms. The van der Waals surface area contributed by atoms with Crippen molar-refractivity contribution in [2.45, 2.75) is 121 Å². The van der Waals surface area contributed by atoms with Gasteiger partial charge in [-0.2, -0.15) is 0 Å². The van der Waals surface area contributed by atoms with Gasteiger partial charge in [-0.3, -0.25) is 9.13 Å². The molecule has 0 fully saturated rings. The van der Waals surface area contributed by atoms with E-state index in [-0.39, 0.29) is 6.42 Å². The predicted octanol–water partition coefficient (Wildman–Crippen LogP) is 5.64. The van der Waals surface area contributed by atoms with Crippen molar-refractivity contribution in [2.24, 2.45) is 0 Å². The molecule has 0 aliphatic rings. The molecule has 0 heterocycles. The van der Waals surface area contributed by atoms with Gasteiger partial charge in [-0.25, -0.2) is 0 Å². The van der Waals surface area contributed by atoms with Gasteiger partial charge in [-0.1, -0.05) is 103 Å². The summed E-state index contributed by atoms with van der Waals surface area (Å²) in [5.74, 6) is 0. The summed E-state index contributed by atoms with van der Waals surface area (Å²) < 4.78 is 22.5. The molecule has 0 aromatic rings. The molecule has 170 valence electrons. The monoisotopic (exact) mass is 444 g/mol. The van der Waals surface area contributed by atoms with Crippen LogP contribution in [0.15, 0.2) is 0 Å². The number of hydrogen-bond donors (Lipinski definition) is 5. The lowest BCUT2D eigenvalue weighted by molar-refractivity contribution is 0.120. The van der Waals surface area contributed by atoms with Crippen LogP contribution in [-0.2, 0) is 9.13 Å². The molecule has 0 aliphatic heterocycles. The fraction of sp³-hybridized carbons (Fsp3) is 1.00. The van der Waals surface area contributed by atoms with Crippen molar-refractivity contribution in [3.8, 4) is 0 Å². The van der Waals surface area contributed by atoms with Crippen LogP contribution in [0, 0.1) is 0 Å². The van der Waals surface area contributed by atoms with Crippen molar-refractivity contribution in [1.82, 2.24) is 0 Å². The number of rotatable bonds is 19. The zero-order chi connectivity index (χ0) is 21.5. The van der Waals surface area contributed by atoms with Crippen molar-refractivity contribution < 1.29 is 33.8 Å². The van der Waals surface area contributed by atoms with Gasteiger partial charge in [-0.15, -0.1) is 0 Å². The molecule has 0 saturated carbocycles. The van der Waals surface area contributed by atoms with Gasteiger partial charge in [0, 0.05) is 0 Å². The van der Waals surface area contributed by atoms with Gasteiger partial charge < -0.3 is 24.7 Å². The summed E-state index contributed by atoms with van der Waals surface area (Å²) in [5, 5.41) is 6.52. The molecule has 0 aromatic heterocycles. The van der Waals surface area contributed by atoms with Crippen LogP contribution in [0.25, 0.3) is 0 Å². The maximum atomic E-state index is 11.2. The lowest BCUT2D eigenvalue weighted by Gasteiger charge is -2.29. The summed E-state index contributed by atoms with van der Waals surface area (Å²) in [4.78, 5) is 36.3. The second-order valence-corrected chi connectivity index (χ2v) is 11.9. The van der Waals surface area contributed by atoms with Gasteiger partial charge in [0.15, 0.2) is 0 Å². The molecule has 0 atom stereocenters. The van der Waals surface area contributed by atoms with Gasteiger partial charge in [-0.05, 0) is 12.8 Å². The Kier molecular flexibility index (Phi) is 15.3. The van der Waals surface area contributed by atoms with E-state index in [0.29, 0.717) is 6.42 Å². The van der Waals surface area contributed by atoms with E-state index in [4.69, 9.17) is 19.6 Å². The lowest BCUT2D eigenvalue weighted by Crippen LogP contribution is -2.28. The van der Waals surface area contributed by atoms with Crippen molar-refractivity contribution in [1.29, 1.82) is 0 Å². The largest absolute Gasteiger partial charge is 0.369 e. The van der Waals surface area contributed by atoms with Crippen molar-refractivity contribution in [3.63, 3.8) is 0 Å². The molecule has 28 heavy (non-hydrogen) atoms. The Morgan fingerprint density at radius 2 is 0.786 bits per heavy atom. The van der Waals surface area contributed by atoms with Crippen LogP contribution in [0.1, 0.15) is 116 Å². The minimum Gasteiger partial charge on any atom is -0.368 e. The molecule has 0 rings (SSSR count). The highest BCUT2D eigenvalue weighted by molar-refractivity contribution is 7.72. The predicted molar refractivity (Wildman–Crippen MR) is 113 cm³/mol. The third-order valence-electron chi connectivity index (χ3n) is 5.30. The first-order valence-corrected chi connectivity index (χ1v) is 14.1. The molecule has 0 radical (unpaired) electrons. The first-order chi connectivity index (χ1) is 13.1. The van der Waals surface area contributed by atoms with Crippen molar-refractivity contribution in [2.75, 3.05) is 0 Å². The Bertz CT molecular complexity index is 451. The van der Waals surface area contributed by atoms with E-state index in [1.54, 1.807) is 0 Å². The normalized spacial score (nSPS) is 13.2. The molecule has 9 heteroatoms.